The lowest BCUT2D eigenvalue weighted by Gasteiger charge is -2.25. The van der Waals surface area contributed by atoms with Gasteiger partial charge in [-0.1, -0.05) is 59.6 Å². The zero-order valence-electron chi connectivity index (χ0n) is 13.0. The summed E-state index contributed by atoms with van der Waals surface area (Å²) in [5, 5.41) is 1.28. The molecule has 0 unspecified atom stereocenters. The second-order valence-electron chi connectivity index (χ2n) is 6.01. The van der Waals surface area contributed by atoms with Gasteiger partial charge in [0.05, 0.1) is 6.04 Å². The Morgan fingerprint density at radius 2 is 1.74 bits per heavy atom. The summed E-state index contributed by atoms with van der Waals surface area (Å²) >= 11 is 12.5. The molecule has 1 fully saturated rings. The van der Waals surface area contributed by atoms with Gasteiger partial charge in [0.25, 0.3) is 0 Å². The average molecular weight is 348 g/mol. The smallest absolute Gasteiger partial charge is 0.226 e. The van der Waals surface area contributed by atoms with Gasteiger partial charge in [-0.05, 0) is 43.0 Å². The Hall–Kier alpha value is -1.51. The molecule has 0 bridgehead atoms. The molecule has 2 nitrogen and oxygen atoms in total. The Kier molecular flexibility index (Phi) is 4.93. The highest BCUT2D eigenvalue weighted by molar-refractivity contribution is 6.36. The quantitative estimate of drug-likeness (QED) is 0.749. The number of hydrogen-bond acceptors (Lipinski definition) is 1. The second-order valence-corrected chi connectivity index (χ2v) is 6.82. The predicted octanol–water partition coefficient (Wildman–Crippen LogP) is 5.15. The summed E-state index contributed by atoms with van der Waals surface area (Å²) in [6, 6.07) is 15.7. The lowest BCUT2D eigenvalue weighted by Crippen LogP contribution is -2.30. The van der Waals surface area contributed by atoms with Crippen molar-refractivity contribution in [1.29, 1.82) is 0 Å². The Morgan fingerprint density at radius 1 is 1.09 bits per heavy atom. The number of halogens is 2. The molecule has 0 aliphatic carbocycles. The van der Waals surface area contributed by atoms with E-state index < -0.39 is 0 Å². The van der Waals surface area contributed by atoms with Gasteiger partial charge in [-0.15, -0.1) is 0 Å². The SMILES string of the molecule is C[C@H](c1ccccc1)N1CC[C@H](Cc2c(Cl)cccc2Cl)C1=O. The van der Waals surface area contributed by atoms with Crippen molar-refractivity contribution in [2.45, 2.75) is 25.8 Å². The van der Waals surface area contributed by atoms with Crippen LogP contribution in [0.4, 0.5) is 0 Å². The van der Waals surface area contributed by atoms with Gasteiger partial charge >= 0.3 is 0 Å². The highest BCUT2D eigenvalue weighted by Crippen LogP contribution is 2.33. The Bertz CT molecular complexity index is 682. The highest BCUT2D eigenvalue weighted by Gasteiger charge is 2.35. The van der Waals surface area contributed by atoms with E-state index in [4.69, 9.17) is 23.2 Å². The summed E-state index contributed by atoms with van der Waals surface area (Å²) in [4.78, 5) is 14.8. The summed E-state index contributed by atoms with van der Waals surface area (Å²) in [6.07, 6.45) is 1.45. The van der Waals surface area contributed by atoms with Crippen molar-refractivity contribution in [2.75, 3.05) is 6.54 Å². The van der Waals surface area contributed by atoms with Crippen LogP contribution in [0, 0.1) is 5.92 Å². The fraction of sp³-hybridized carbons (Fsp3) is 0.316. The van der Waals surface area contributed by atoms with Crippen LogP contribution in [0.15, 0.2) is 48.5 Å². The van der Waals surface area contributed by atoms with Gasteiger partial charge in [0, 0.05) is 22.5 Å². The first-order valence-corrected chi connectivity index (χ1v) is 8.62. The average Bonchev–Trinajstić information content (AvgIpc) is 2.92. The van der Waals surface area contributed by atoms with E-state index in [9.17, 15) is 4.79 Å². The van der Waals surface area contributed by atoms with Gasteiger partial charge < -0.3 is 4.90 Å². The Labute approximate surface area is 147 Å². The minimum atomic E-state index is -0.0430. The molecule has 1 aliphatic heterocycles. The van der Waals surface area contributed by atoms with Crippen LogP contribution in [0.25, 0.3) is 0 Å². The van der Waals surface area contributed by atoms with Gasteiger partial charge in [0.15, 0.2) is 0 Å². The van der Waals surface area contributed by atoms with Crippen molar-refractivity contribution < 1.29 is 4.79 Å². The van der Waals surface area contributed by atoms with E-state index >= 15 is 0 Å². The molecule has 1 heterocycles. The Balaban J connectivity index is 1.74. The van der Waals surface area contributed by atoms with E-state index in [-0.39, 0.29) is 17.9 Å². The topological polar surface area (TPSA) is 20.3 Å². The van der Waals surface area contributed by atoms with Gasteiger partial charge in [-0.2, -0.15) is 0 Å². The molecule has 0 saturated carbocycles. The zero-order valence-corrected chi connectivity index (χ0v) is 14.5. The van der Waals surface area contributed by atoms with Crippen molar-refractivity contribution in [3.63, 3.8) is 0 Å². The maximum Gasteiger partial charge on any atom is 0.226 e. The van der Waals surface area contributed by atoms with Crippen LogP contribution in [0.1, 0.15) is 30.5 Å². The molecule has 2 atom stereocenters. The van der Waals surface area contributed by atoms with Crippen molar-refractivity contribution in [1.82, 2.24) is 4.90 Å². The predicted molar refractivity (Wildman–Crippen MR) is 94.8 cm³/mol. The van der Waals surface area contributed by atoms with Crippen LogP contribution in [-0.2, 0) is 11.2 Å². The van der Waals surface area contributed by atoms with Crippen LogP contribution < -0.4 is 0 Å². The van der Waals surface area contributed by atoms with Crippen molar-refractivity contribution >= 4 is 29.1 Å². The molecule has 4 heteroatoms. The monoisotopic (exact) mass is 347 g/mol. The maximum absolute atomic E-state index is 12.8. The third-order valence-corrected chi connectivity index (χ3v) is 5.32. The van der Waals surface area contributed by atoms with Crippen molar-refractivity contribution in [2.24, 2.45) is 5.92 Å². The number of nitrogens with zero attached hydrogens (tertiary/aromatic N) is 1. The minimum absolute atomic E-state index is 0.0430. The third-order valence-electron chi connectivity index (χ3n) is 4.61. The zero-order chi connectivity index (χ0) is 16.4. The van der Waals surface area contributed by atoms with Crippen LogP contribution in [0.3, 0.4) is 0 Å². The second kappa shape index (κ2) is 6.94. The molecule has 1 saturated heterocycles. The van der Waals surface area contributed by atoms with Gasteiger partial charge in [-0.3, -0.25) is 4.79 Å². The molecule has 0 spiro atoms. The van der Waals surface area contributed by atoms with Crippen molar-refractivity contribution in [3.8, 4) is 0 Å². The lowest BCUT2D eigenvalue weighted by atomic mass is 9.98. The van der Waals surface area contributed by atoms with Gasteiger partial charge in [0.1, 0.15) is 0 Å². The molecule has 0 aromatic heterocycles. The largest absolute Gasteiger partial charge is 0.336 e. The fourth-order valence-corrected chi connectivity index (χ4v) is 3.77. The molecule has 2 aromatic rings. The van der Waals surface area contributed by atoms with Gasteiger partial charge in [-0.25, -0.2) is 0 Å². The first kappa shape index (κ1) is 16.4. The van der Waals surface area contributed by atoms with Crippen molar-refractivity contribution in [3.05, 3.63) is 69.7 Å². The first-order chi connectivity index (χ1) is 11.1. The van der Waals surface area contributed by atoms with E-state index in [1.807, 2.05) is 41.3 Å². The number of amides is 1. The number of rotatable bonds is 4. The van der Waals surface area contributed by atoms with Crippen LogP contribution >= 0.6 is 23.2 Å². The third kappa shape index (κ3) is 3.39. The molecule has 0 radical (unpaired) electrons. The van der Waals surface area contributed by atoms with E-state index in [1.165, 1.54) is 0 Å². The molecule has 1 amide bonds. The summed E-state index contributed by atoms with van der Waals surface area (Å²) in [6.45, 7) is 2.86. The van der Waals surface area contributed by atoms with Gasteiger partial charge in [0.2, 0.25) is 5.91 Å². The van der Waals surface area contributed by atoms with Crippen LogP contribution in [0.5, 0.6) is 0 Å². The molecular formula is C19H19Cl2NO. The number of carbonyl (C=O) groups is 1. The van der Waals surface area contributed by atoms with E-state index in [2.05, 4.69) is 19.1 Å². The molecule has 2 aromatic carbocycles. The molecule has 3 rings (SSSR count). The normalized spacial score (nSPS) is 19.2. The summed E-state index contributed by atoms with van der Waals surface area (Å²) in [5.74, 6) is 0.149. The number of carbonyl (C=O) groups excluding carboxylic acids is 1. The standard InChI is InChI=1S/C19H19Cl2NO/c1-13(14-6-3-2-4-7-14)22-11-10-15(19(22)23)12-16-17(20)8-5-9-18(16)21/h2-9,13,15H,10-12H2,1H3/t13-,15-/m1/s1. The summed E-state index contributed by atoms with van der Waals surface area (Å²) < 4.78 is 0. The summed E-state index contributed by atoms with van der Waals surface area (Å²) in [5.41, 5.74) is 2.04. The highest BCUT2D eigenvalue weighted by atomic mass is 35.5. The fourth-order valence-electron chi connectivity index (χ4n) is 3.22. The summed E-state index contributed by atoms with van der Waals surface area (Å²) in [7, 11) is 0. The first-order valence-electron chi connectivity index (χ1n) is 7.86. The lowest BCUT2D eigenvalue weighted by molar-refractivity contribution is -0.132. The van der Waals surface area contributed by atoms with E-state index in [1.54, 1.807) is 0 Å². The number of benzene rings is 2. The molecular weight excluding hydrogens is 329 g/mol. The molecule has 0 N–H and O–H groups in total. The molecule has 120 valence electrons. The molecule has 23 heavy (non-hydrogen) atoms. The van der Waals surface area contributed by atoms with Crippen LogP contribution in [0.2, 0.25) is 10.0 Å². The van der Waals surface area contributed by atoms with E-state index in [0.29, 0.717) is 16.5 Å². The number of likely N-dealkylation sites (tertiary alicyclic amines) is 1. The minimum Gasteiger partial charge on any atom is -0.336 e. The van der Waals surface area contributed by atoms with E-state index in [0.717, 1.165) is 24.1 Å². The number of hydrogen-bond donors (Lipinski definition) is 0. The molecule has 1 aliphatic rings. The Morgan fingerprint density at radius 3 is 2.39 bits per heavy atom. The van der Waals surface area contributed by atoms with Crippen LogP contribution in [-0.4, -0.2) is 17.4 Å². The maximum atomic E-state index is 12.8.